The number of hydrazone groups is 1. The molecule has 0 spiro atoms. The van der Waals surface area contributed by atoms with Crippen LogP contribution < -0.4 is 5.01 Å². The number of hydrogen-bond donors (Lipinski definition) is 0. The van der Waals surface area contributed by atoms with Crippen molar-refractivity contribution in [3.63, 3.8) is 0 Å². The Labute approximate surface area is 263 Å². The Kier molecular flexibility index (Phi) is 7.48. The molecule has 222 valence electrons. The van der Waals surface area contributed by atoms with E-state index < -0.39 is 4.92 Å². The normalized spacial score (nSPS) is 18.4. The van der Waals surface area contributed by atoms with Crippen LogP contribution in [0.15, 0.2) is 119 Å². The van der Waals surface area contributed by atoms with Crippen molar-refractivity contribution in [1.82, 2.24) is 4.98 Å². The Balaban J connectivity index is 1.24. The van der Waals surface area contributed by atoms with Crippen molar-refractivity contribution in [1.29, 1.82) is 0 Å². The molecule has 2 aliphatic rings. The van der Waals surface area contributed by atoms with Crippen LogP contribution in [0.25, 0.3) is 28.5 Å². The fraction of sp³-hybridized carbons (Fsp3) is 0.143. The maximum atomic E-state index is 11.4. The lowest BCUT2D eigenvalue weighted by Crippen LogP contribution is -2.28. The summed E-state index contributed by atoms with van der Waals surface area (Å²) in [6.45, 7) is 0. The van der Waals surface area contributed by atoms with Gasteiger partial charge in [-0.2, -0.15) is 5.10 Å². The molecule has 0 N–H and O–H groups in total. The van der Waals surface area contributed by atoms with Crippen LogP contribution in [0.5, 0.6) is 0 Å². The molecule has 1 saturated carbocycles. The third-order valence-electron chi connectivity index (χ3n) is 8.37. The van der Waals surface area contributed by atoms with Gasteiger partial charge in [-0.3, -0.25) is 20.2 Å². The summed E-state index contributed by atoms with van der Waals surface area (Å²) in [7, 11) is 0. The second kappa shape index (κ2) is 11.9. The molecule has 1 aliphatic carbocycles. The van der Waals surface area contributed by atoms with E-state index in [9.17, 15) is 20.2 Å². The van der Waals surface area contributed by atoms with Gasteiger partial charge in [-0.1, -0.05) is 66.7 Å². The number of anilines is 1. The van der Waals surface area contributed by atoms with Crippen LogP contribution in [-0.4, -0.2) is 20.5 Å². The number of nitro benzene ring substituents is 2. The average Bonchev–Trinajstić information content (AvgIpc) is 3.72. The number of rotatable bonds is 7. The summed E-state index contributed by atoms with van der Waals surface area (Å²) in [6, 6.07) is 31.7. The summed E-state index contributed by atoms with van der Waals surface area (Å²) in [5.74, 6) is 0.0574. The number of nitro groups is 2. The minimum absolute atomic E-state index is 0.0438. The highest BCUT2D eigenvalue weighted by atomic mass is 32.1. The van der Waals surface area contributed by atoms with Crippen molar-refractivity contribution >= 4 is 39.6 Å². The predicted molar refractivity (Wildman–Crippen MR) is 177 cm³/mol. The zero-order chi connectivity index (χ0) is 30.9. The smallest absolute Gasteiger partial charge is 0.258 e. The van der Waals surface area contributed by atoms with Crippen molar-refractivity contribution in [3.05, 3.63) is 145 Å². The molecule has 1 aliphatic heterocycles. The average molecular weight is 614 g/mol. The minimum Gasteiger partial charge on any atom is -0.258 e. The van der Waals surface area contributed by atoms with Gasteiger partial charge in [0, 0.05) is 41.1 Å². The summed E-state index contributed by atoms with van der Waals surface area (Å²) in [6.07, 6.45) is 4.77. The molecule has 0 bridgehead atoms. The lowest BCUT2D eigenvalue weighted by Gasteiger charge is -2.29. The molecule has 0 saturated heterocycles. The van der Waals surface area contributed by atoms with Crippen molar-refractivity contribution < 1.29 is 9.85 Å². The van der Waals surface area contributed by atoms with Gasteiger partial charge in [0.25, 0.3) is 11.4 Å². The molecule has 1 aromatic heterocycles. The Hall–Kier alpha value is -5.48. The lowest BCUT2D eigenvalue weighted by atomic mass is 9.77. The highest BCUT2D eigenvalue weighted by Crippen LogP contribution is 2.47. The van der Waals surface area contributed by atoms with Gasteiger partial charge >= 0.3 is 0 Å². The first-order valence-corrected chi connectivity index (χ1v) is 15.5. The molecule has 0 amide bonds. The number of hydrogen-bond acceptors (Lipinski definition) is 8. The zero-order valence-electron chi connectivity index (χ0n) is 24.0. The van der Waals surface area contributed by atoms with E-state index in [2.05, 4.69) is 42.5 Å². The van der Waals surface area contributed by atoms with Gasteiger partial charge in [0.05, 0.1) is 27.3 Å². The van der Waals surface area contributed by atoms with Gasteiger partial charge in [-0.05, 0) is 65.3 Å². The molecule has 4 aromatic carbocycles. The summed E-state index contributed by atoms with van der Waals surface area (Å²) in [5, 5.41) is 32.4. The molecule has 5 aromatic rings. The molecule has 1 fully saturated rings. The van der Waals surface area contributed by atoms with Crippen LogP contribution in [0.3, 0.4) is 0 Å². The Morgan fingerprint density at radius 3 is 2.07 bits per heavy atom. The van der Waals surface area contributed by atoms with Crippen LogP contribution in [0, 0.1) is 26.1 Å². The van der Waals surface area contributed by atoms with Crippen LogP contribution in [0.2, 0.25) is 0 Å². The number of non-ortho nitro benzene ring substituents is 2. The van der Waals surface area contributed by atoms with E-state index in [1.807, 2.05) is 40.7 Å². The van der Waals surface area contributed by atoms with Gasteiger partial charge in [-0.15, -0.1) is 11.3 Å². The summed E-state index contributed by atoms with van der Waals surface area (Å²) >= 11 is 1.52. The summed E-state index contributed by atoms with van der Waals surface area (Å²) < 4.78 is 0. The minimum atomic E-state index is -0.402. The van der Waals surface area contributed by atoms with Crippen molar-refractivity contribution in [3.8, 4) is 22.4 Å². The molecular formula is C35H27N5O4S. The van der Waals surface area contributed by atoms with E-state index in [1.165, 1.54) is 23.5 Å². The fourth-order valence-electron chi connectivity index (χ4n) is 6.14. The van der Waals surface area contributed by atoms with Crippen LogP contribution in [0.1, 0.15) is 36.4 Å². The van der Waals surface area contributed by atoms with Gasteiger partial charge in [0.2, 0.25) is 5.13 Å². The quantitative estimate of drug-likeness (QED) is 0.134. The Bertz CT molecular complexity index is 1940. The van der Waals surface area contributed by atoms with Crippen LogP contribution in [0.4, 0.5) is 16.5 Å². The molecule has 9 nitrogen and oxygen atoms in total. The van der Waals surface area contributed by atoms with Crippen LogP contribution >= 0.6 is 11.3 Å². The van der Waals surface area contributed by atoms with Gasteiger partial charge < -0.3 is 0 Å². The van der Waals surface area contributed by atoms with E-state index in [-0.39, 0.29) is 28.3 Å². The molecule has 10 heteroatoms. The first-order valence-electron chi connectivity index (χ1n) is 14.6. The second-order valence-electron chi connectivity index (χ2n) is 11.1. The number of thiazole rings is 1. The Morgan fingerprint density at radius 2 is 1.40 bits per heavy atom. The monoisotopic (exact) mass is 613 g/mol. The first-order chi connectivity index (χ1) is 21.9. The number of nitrogens with zero attached hydrogens (tertiary/aromatic N) is 5. The lowest BCUT2D eigenvalue weighted by molar-refractivity contribution is -0.385. The number of allylic oxidation sites excluding steroid dienone is 1. The highest BCUT2D eigenvalue weighted by Gasteiger charge is 2.43. The molecule has 45 heavy (non-hydrogen) atoms. The van der Waals surface area contributed by atoms with Gasteiger partial charge in [0.1, 0.15) is 0 Å². The predicted octanol–water partition coefficient (Wildman–Crippen LogP) is 9.09. The van der Waals surface area contributed by atoms with Crippen molar-refractivity contribution in [2.75, 3.05) is 5.01 Å². The highest BCUT2D eigenvalue weighted by molar-refractivity contribution is 7.14. The third kappa shape index (κ3) is 5.63. The molecule has 0 radical (unpaired) electrons. The standard InChI is InChI=1S/C35H27N5O4S/c41-39(42)29-17-9-23(10-18-29)21-28-7-4-8-31-33(28)37-38(34(31)27-15-19-30(20-16-27)40(43)44)35-36-32(22-45-35)26-13-11-25(12-14-26)24-5-2-1-3-6-24/h1-3,5-6,9-22,31,34H,4,7-8H2/b28-21-. The zero-order valence-corrected chi connectivity index (χ0v) is 24.8. The molecular weight excluding hydrogens is 586 g/mol. The maximum absolute atomic E-state index is 11.4. The van der Waals surface area contributed by atoms with Crippen molar-refractivity contribution in [2.24, 2.45) is 11.0 Å². The van der Waals surface area contributed by atoms with Gasteiger partial charge in [-0.25, -0.2) is 9.99 Å². The summed E-state index contributed by atoms with van der Waals surface area (Å²) in [4.78, 5) is 26.8. The van der Waals surface area contributed by atoms with E-state index in [0.717, 1.165) is 69.2 Å². The fourth-order valence-corrected chi connectivity index (χ4v) is 6.96. The van der Waals surface area contributed by atoms with Crippen molar-refractivity contribution in [2.45, 2.75) is 25.3 Å². The summed E-state index contributed by atoms with van der Waals surface area (Å²) in [5.41, 5.74) is 8.11. The molecule has 2 unspecified atom stereocenters. The van der Waals surface area contributed by atoms with E-state index in [0.29, 0.717) is 0 Å². The number of benzene rings is 4. The third-order valence-corrected chi connectivity index (χ3v) is 9.20. The molecule has 2 heterocycles. The Morgan fingerprint density at radius 1 is 0.778 bits per heavy atom. The van der Waals surface area contributed by atoms with E-state index in [4.69, 9.17) is 10.1 Å². The second-order valence-corrected chi connectivity index (χ2v) is 11.9. The maximum Gasteiger partial charge on any atom is 0.269 e. The molecule has 7 rings (SSSR count). The van der Waals surface area contributed by atoms with E-state index >= 15 is 0 Å². The van der Waals surface area contributed by atoms with Gasteiger partial charge in [0.15, 0.2) is 0 Å². The molecule has 2 atom stereocenters. The van der Waals surface area contributed by atoms with Crippen LogP contribution in [-0.2, 0) is 0 Å². The SMILES string of the molecule is O=[N+]([O-])c1ccc(/C=C2/CCCC3C2=NN(c2nc(-c4ccc(-c5ccccc5)cc4)cs2)C3c2ccc([N+](=O)[O-])cc2)cc1. The number of aromatic nitrogens is 1. The first kappa shape index (κ1) is 28.3. The largest absolute Gasteiger partial charge is 0.269 e. The topological polar surface area (TPSA) is 115 Å². The van der Waals surface area contributed by atoms with E-state index in [1.54, 1.807) is 24.3 Å². The number of fused-ring (bicyclic) bond motifs is 1.